The Balaban J connectivity index is 0.00000109. The lowest BCUT2D eigenvalue weighted by molar-refractivity contribution is 1.17. The van der Waals surface area contributed by atoms with E-state index in [0.29, 0.717) is 0 Å². The highest BCUT2D eigenvalue weighted by Gasteiger charge is 2.06. The molecule has 0 saturated carbocycles. The summed E-state index contributed by atoms with van der Waals surface area (Å²) in [6, 6.07) is 24.4. The molecule has 28 heavy (non-hydrogen) atoms. The molecule has 4 aromatic rings. The number of hydrogen-bond acceptors (Lipinski definition) is 4. The van der Waals surface area contributed by atoms with Crippen molar-refractivity contribution in [3.8, 4) is 22.6 Å². The van der Waals surface area contributed by atoms with E-state index in [9.17, 15) is 0 Å². The van der Waals surface area contributed by atoms with E-state index in [1.54, 1.807) is 12.4 Å². The molecular weight excluding hydrogens is 344 g/mol. The highest BCUT2D eigenvalue weighted by Crippen LogP contribution is 2.27. The van der Waals surface area contributed by atoms with Gasteiger partial charge < -0.3 is 4.90 Å². The summed E-state index contributed by atoms with van der Waals surface area (Å²) < 4.78 is 0. The van der Waals surface area contributed by atoms with Crippen LogP contribution in [-0.2, 0) is 0 Å². The summed E-state index contributed by atoms with van der Waals surface area (Å²) in [5, 5.41) is 0. The lowest BCUT2D eigenvalue weighted by Crippen LogP contribution is -2.09. The maximum atomic E-state index is 4.39. The van der Waals surface area contributed by atoms with Gasteiger partial charge in [0.05, 0.1) is 5.69 Å². The van der Waals surface area contributed by atoms with Gasteiger partial charge in [-0.15, -0.1) is 0 Å². The Labute approximate surface area is 166 Å². The lowest BCUT2D eigenvalue weighted by Gasteiger charge is -2.20. The van der Waals surface area contributed by atoms with Crippen LogP contribution >= 0.6 is 0 Å². The third-order valence-electron chi connectivity index (χ3n) is 4.29. The average molecular weight is 368 g/mol. The van der Waals surface area contributed by atoms with Gasteiger partial charge >= 0.3 is 0 Å². The fraction of sp³-hybridized carbons (Fsp3) is 0.125. The summed E-state index contributed by atoms with van der Waals surface area (Å²) in [4.78, 5) is 15.1. The molecular formula is C24H24N4. The van der Waals surface area contributed by atoms with Crippen LogP contribution < -0.4 is 4.90 Å². The van der Waals surface area contributed by atoms with E-state index in [1.165, 1.54) is 0 Å². The number of hydrogen-bond donors (Lipinski definition) is 0. The molecule has 0 radical (unpaired) electrons. The van der Waals surface area contributed by atoms with Crippen LogP contribution in [0.1, 0.15) is 13.8 Å². The predicted molar refractivity (Wildman–Crippen MR) is 117 cm³/mol. The molecule has 0 fully saturated rings. The zero-order chi connectivity index (χ0) is 19.8. The number of anilines is 2. The standard InChI is InChI=1S/C22H18N4.C2H6/c1-26(19-10-6-17(7-11-19)21-5-2-3-14-23-21)20-12-8-18(9-13-20)22-24-15-4-16-25-22;1-2/h2-16H,1H3;1-2H3. The van der Waals surface area contributed by atoms with Crippen LogP contribution in [0.5, 0.6) is 0 Å². The van der Waals surface area contributed by atoms with Crippen molar-refractivity contribution >= 4 is 11.4 Å². The van der Waals surface area contributed by atoms with Gasteiger partial charge in [-0.2, -0.15) is 0 Å². The van der Waals surface area contributed by atoms with Crippen LogP contribution in [0.25, 0.3) is 22.6 Å². The maximum Gasteiger partial charge on any atom is 0.159 e. The van der Waals surface area contributed by atoms with E-state index < -0.39 is 0 Å². The van der Waals surface area contributed by atoms with Gasteiger partial charge in [-0.3, -0.25) is 4.98 Å². The summed E-state index contributed by atoms with van der Waals surface area (Å²) in [6.45, 7) is 4.00. The molecule has 0 spiro atoms. The van der Waals surface area contributed by atoms with Crippen molar-refractivity contribution in [2.24, 2.45) is 0 Å². The normalized spacial score (nSPS) is 9.96. The predicted octanol–water partition coefficient (Wildman–Crippen LogP) is 6.00. The molecule has 0 amide bonds. The Morgan fingerprint density at radius 1 is 0.571 bits per heavy atom. The molecule has 0 bridgehead atoms. The van der Waals surface area contributed by atoms with E-state index in [0.717, 1.165) is 34.0 Å². The van der Waals surface area contributed by atoms with Gasteiger partial charge in [0.25, 0.3) is 0 Å². The molecule has 4 heteroatoms. The van der Waals surface area contributed by atoms with Crippen molar-refractivity contribution in [3.05, 3.63) is 91.4 Å². The highest BCUT2D eigenvalue weighted by molar-refractivity contribution is 5.69. The summed E-state index contributed by atoms with van der Waals surface area (Å²) in [5.74, 6) is 0.737. The monoisotopic (exact) mass is 368 g/mol. The zero-order valence-electron chi connectivity index (χ0n) is 16.4. The fourth-order valence-electron chi connectivity index (χ4n) is 2.82. The minimum Gasteiger partial charge on any atom is -0.345 e. The second-order valence-electron chi connectivity index (χ2n) is 5.94. The van der Waals surface area contributed by atoms with Crippen molar-refractivity contribution in [2.75, 3.05) is 11.9 Å². The first-order valence-corrected chi connectivity index (χ1v) is 9.44. The molecule has 2 aromatic carbocycles. The van der Waals surface area contributed by atoms with Crippen LogP contribution in [0, 0.1) is 0 Å². The third kappa shape index (κ3) is 4.41. The second kappa shape index (κ2) is 9.42. The van der Waals surface area contributed by atoms with Gasteiger partial charge in [0, 0.05) is 48.1 Å². The summed E-state index contributed by atoms with van der Waals surface area (Å²) in [5.41, 5.74) is 5.32. The first kappa shape index (κ1) is 19.2. The van der Waals surface area contributed by atoms with Crippen molar-refractivity contribution in [1.29, 1.82) is 0 Å². The lowest BCUT2D eigenvalue weighted by atomic mass is 10.1. The maximum absolute atomic E-state index is 4.39. The van der Waals surface area contributed by atoms with Crippen LogP contribution in [0.4, 0.5) is 11.4 Å². The fourth-order valence-corrected chi connectivity index (χ4v) is 2.82. The van der Waals surface area contributed by atoms with Crippen LogP contribution in [-0.4, -0.2) is 22.0 Å². The minimum atomic E-state index is 0.737. The zero-order valence-corrected chi connectivity index (χ0v) is 16.4. The number of pyridine rings is 1. The van der Waals surface area contributed by atoms with Gasteiger partial charge in [-0.1, -0.05) is 32.0 Å². The Kier molecular flexibility index (Phi) is 6.47. The summed E-state index contributed by atoms with van der Waals surface area (Å²) in [7, 11) is 2.06. The molecule has 0 aliphatic rings. The average Bonchev–Trinajstić information content (AvgIpc) is 2.81. The molecule has 4 rings (SSSR count). The van der Waals surface area contributed by atoms with E-state index >= 15 is 0 Å². The van der Waals surface area contributed by atoms with Gasteiger partial charge in [-0.25, -0.2) is 9.97 Å². The second-order valence-corrected chi connectivity index (χ2v) is 5.94. The van der Waals surface area contributed by atoms with Crippen LogP contribution in [0.2, 0.25) is 0 Å². The molecule has 4 nitrogen and oxygen atoms in total. The third-order valence-corrected chi connectivity index (χ3v) is 4.29. The Morgan fingerprint density at radius 2 is 1.11 bits per heavy atom. The number of benzene rings is 2. The van der Waals surface area contributed by atoms with Crippen molar-refractivity contribution in [2.45, 2.75) is 13.8 Å². The SMILES string of the molecule is CC.CN(c1ccc(-c2ccccn2)cc1)c1ccc(-c2ncccn2)cc1. The molecule has 140 valence electrons. The van der Waals surface area contributed by atoms with Crippen molar-refractivity contribution in [3.63, 3.8) is 0 Å². The van der Waals surface area contributed by atoms with Crippen molar-refractivity contribution < 1.29 is 0 Å². The minimum absolute atomic E-state index is 0.737. The molecule has 2 heterocycles. The molecule has 0 N–H and O–H groups in total. The van der Waals surface area contributed by atoms with E-state index in [4.69, 9.17) is 0 Å². The van der Waals surface area contributed by atoms with E-state index in [1.807, 2.05) is 56.4 Å². The quantitative estimate of drug-likeness (QED) is 0.443. The topological polar surface area (TPSA) is 41.9 Å². The molecule has 0 saturated heterocycles. The van der Waals surface area contributed by atoms with Gasteiger partial charge in [0.1, 0.15) is 0 Å². The highest BCUT2D eigenvalue weighted by atomic mass is 15.1. The summed E-state index contributed by atoms with van der Waals surface area (Å²) >= 11 is 0. The molecule has 0 aliphatic carbocycles. The Morgan fingerprint density at radius 3 is 1.64 bits per heavy atom. The number of aromatic nitrogens is 3. The Bertz CT molecular complexity index is 884. The first-order chi connectivity index (χ1) is 13.8. The molecule has 0 atom stereocenters. The molecule has 0 aliphatic heterocycles. The van der Waals surface area contributed by atoms with Gasteiger partial charge in [0.15, 0.2) is 5.82 Å². The molecule has 0 unspecified atom stereocenters. The smallest absolute Gasteiger partial charge is 0.159 e. The van der Waals surface area contributed by atoms with Gasteiger partial charge in [0.2, 0.25) is 0 Å². The van der Waals surface area contributed by atoms with Gasteiger partial charge in [-0.05, 0) is 54.6 Å². The number of nitrogens with zero attached hydrogens (tertiary/aromatic N) is 4. The van der Waals surface area contributed by atoms with Crippen LogP contribution in [0.3, 0.4) is 0 Å². The van der Waals surface area contributed by atoms with Crippen molar-refractivity contribution in [1.82, 2.24) is 15.0 Å². The van der Waals surface area contributed by atoms with Crippen LogP contribution in [0.15, 0.2) is 91.4 Å². The molecule has 2 aromatic heterocycles. The van der Waals surface area contributed by atoms with E-state index in [-0.39, 0.29) is 0 Å². The first-order valence-electron chi connectivity index (χ1n) is 9.44. The Hall–Kier alpha value is -3.53. The van der Waals surface area contributed by atoms with E-state index in [2.05, 4.69) is 63.3 Å². The largest absolute Gasteiger partial charge is 0.345 e. The summed E-state index contributed by atoms with van der Waals surface area (Å²) in [6.07, 6.45) is 5.32. The number of rotatable bonds is 4.